The second-order valence-corrected chi connectivity index (χ2v) is 3.46. The van der Waals surface area contributed by atoms with Gasteiger partial charge in [-0.05, 0) is 13.3 Å². The first-order valence-electron chi connectivity index (χ1n) is 4.83. The fourth-order valence-corrected chi connectivity index (χ4v) is 1.14. The zero-order valence-corrected chi connectivity index (χ0v) is 8.88. The fraction of sp³-hybridized carbons (Fsp3) is 0.444. The van der Waals surface area contributed by atoms with E-state index < -0.39 is 11.0 Å². The number of hydrogen-bond acceptors (Lipinski definition) is 6. The Balaban J connectivity index is 2.69. The van der Waals surface area contributed by atoms with Crippen LogP contribution < -0.4 is 11.1 Å². The first-order chi connectivity index (χ1) is 7.49. The quantitative estimate of drug-likeness (QED) is 0.504. The molecule has 0 spiro atoms. The van der Waals surface area contributed by atoms with Gasteiger partial charge >= 0.3 is 0 Å². The summed E-state index contributed by atoms with van der Waals surface area (Å²) in [5.41, 5.74) is 5.32. The number of anilines is 2. The van der Waals surface area contributed by atoms with Crippen molar-refractivity contribution in [2.45, 2.75) is 19.4 Å². The number of aliphatic hydroxyl groups excluding tert-OH is 1. The van der Waals surface area contributed by atoms with Crippen LogP contribution in [0.5, 0.6) is 0 Å². The Morgan fingerprint density at radius 1 is 1.69 bits per heavy atom. The van der Waals surface area contributed by atoms with Crippen molar-refractivity contribution in [1.29, 1.82) is 0 Å². The minimum absolute atomic E-state index is 0.0914. The van der Waals surface area contributed by atoms with Gasteiger partial charge in [0.2, 0.25) is 0 Å². The third kappa shape index (κ3) is 3.70. The van der Waals surface area contributed by atoms with E-state index in [2.05, 4.69) is 10.3 Å². The van der Waals surface area contributed by atoms with E-state index in [1.807, 2.05) is 0 Å². The van der Waals surface area contributed by atoms with Crippen LogP contribution in [-0.2, 0) is 0 Å². The first kappa shape index (κ1) is 12.2. The van der Waals surface area contributed by atoms with E-state index in [0.717, 1.165) is 0 Å². The van der Waals surface area contributed by atoms with E-state index >= 15 is 0 Å². The van der Waals surface area contributed by atoms with Crippen LogP contribution in [0.25, 0.3) is 0 Å². The molecule has 0 aliphatic heterocycles. The van der Waals surface area contributed by atoms with Gasteiger partial charge in [-0.3, -0.25) is 10.1 Å². The van der Waals surface area contributed by atoms with Gasteiger partial charge in [0.05, 0.1) is 23.2 Å². The lowest BCUT2D eigenvalue weighted by atomic mass is 10.3. The van der Waals surface area contributed by atoms with Crippen LogP contribution in [0.4, 0.5) is 17.3 Å². The highest BCUT2D eigenvalue weighted by Crippen LogP contribution is 2.18. The van der Waals surface area contributed by atoms with Gasteiger partial charge in [0.1, 0.15) is 11.6 Å². The van der Waals surface area contributed by atoms with Crippen LogP contribution in [0, 0.1) is 10.1 Å². The maximum atomic E-state index is 10.5. The molecule has 7 nitrogen and oxygen atoms in total. The van der Waals surface area contributed by atoms with Gasteiger partial charge in [-0.1, -0.05) is 0 Å². The number of hydrogen-bond donors (Lipinski definition) is 3. The van der Waals surface area contributed by atoms with Gasteiger partial charge in [-0.2, -0.15) is 0 Å². The predicted molar refractivity (Wildman–Crippen MR) is 60.1 cm³/mol. The van der Waals surface area contributed by atoms with Crippen molar-refractivity contribution in [3.05, 3.63) is 22.2 Å². The van der Waals surface area contributed by atoms with Gasteiger partial charge < -0.3 is 16.2 Å². The standard InChI is InChI=1S/C9H14N4O3/c1-6(14)2-3-11-9-5-7(13(15)16)4-8(10)12-9/h4-6,14H,2-3H2,1H3,(H3,10,11,12). The van der Waals surface area contributed by atoms with Crippen molar-refractivity contribution in [3.63, 3.8) is 0 Å². The molecule has 0 bridgehead atoms. The highest BCUT2D eigenvalue weighted by molar-refractivity contribution is 5.52. The fourth-order valence-electron chi connectivity index (χ4n) is 1.14. The van der Waals surface area contributed by atoms with Crippen molar-refractivity contribution in [2.24, 2.45) is 0 Å². The number of pyridine rings is 1. The van der Waals surface area contributed by atoms with Crippen LogP contribution in [0.2, 0.25) is 0 Å². The summed E-state index contributed by atoms with van der Waals surface area (Å²) >= 11 is 0. The van der Waals surface area contributed by atoms with Gasteiger partial charge in [-0.15, -0.1) is 0 Å². The maximum absolute atomic E-state index is 10.5. The smallest absolute Gasteiger partial charge is 0.276 e. The van der Waals surface area contributed by atoms with E-state index in [4.69, 9.17) is 10.8 Å². The summed E-state index contributed by atoms with van der Waals surface area (Å²) in [6, 6.07) is 2.50. The Morgan fingerprint density at radius 3 is 2.94 bits per heavy atom. The zero-order chi connectivity index (χ0) is 12.1. The third-order valence-corrected chi connectivity index (χ3v) is 1.91. The molecule has 0 fully saturated rings. The number of nitrogens with two attached hydrogens (primary N) is 1. The molecule has 88 valence electrons. The van der Waals surface area contributed by atoms with E-state index in [1.165, 1.54) is 12.1 Å². The molecule has 16 heavy (non-hydrogen) atoms. The van der Waals surface area contributed by atoms with E-state index in [9.17, 15) is 10.1 Å². The van der Waals surface area contributed by atoms with Gasteiger partial charge in [0.15, 0.2) is 0 Å². The minimum Gasteiger partial charge on any atom is -0.393 e. The average Bonchev–Trinajstić information content (AvgIpc) is 2.16. The molecule has 0 amide bonds. The Labute approximate surface area is 92.4 Å². The Morgan fingerprint density at radius 2 is 2.38 bits per heavy atom. The summed E-state index contributed by atoms with van der Waals surface area (Å²) in [6.07, 6.45) is 0.105. The minimum atomic E-state index is -0.530. The first-order valence-corrected chi connectivity index (χ1v) is 4.83. The highest BCUT2D eigenvalue weighted by atomic mass is 16.6. The lowest BCUT2D eigenvalue weighted by Gasteiger charge is -2.07. The molecular formula is C9H14N4O3. The molecule has 1 aromatic heterocycles. The van der Waals surface area contributed by atoms with E-state index in [-0.39, 0.29) is 11.5 Å². The average molecular weight is 226 g/mol. The topological polar surface area (TPSA) is 114 Å². The zero-order valence-electron chi connectivity index (χ0n) is 8.88. The molecule has 0 aromatic carbocycles. The van der Waals surface area contributed by atoms with E-state index in [0.29, 0.717) is 18.8 Å². The molecule has 1 atom stereocenters. The number of nitrogen functional groups attached to an aromatic ring is 1. The van der Waals surface area contributed by atoms with Gasteiger partial charge in [0, 0.05) is 6.54 Å². The number of rotatable bonds is 5. The Kier molecular flexibility index (Phi) is 4.01. The molecule has 1 unspecified atom stereocenters. The molecule has 1 aromatic rings. The van der Waals surface area contributed by atoms with Crippen LogP contribution >= 0.6 is 0 Å². The lowest BCUT2D eigenvalue weighted by molar-refractivity contribution is -0.384. The highest BCUT2D eigenvalue weighted by Gasteiger charge is 2.09. The summed E-state index contributed by atoms with van der Waals surface area (Å²) in [7, 11) is 0. The van der Waals surface area contributed by atoms with Crippen molar-refractivity contribution in [3.8, 4) is 0 Å². The summed E-state index contributed by atoms with van der Waals surface area (Å²) < 4.78 is 0. The molecule has 4 N–H and O–H groups in total. The van der Waals surface area contributed by atoms with Crippen molar-refractivity contribution in [1.82, 2.24) is 4.98 Å². The summed E-state index contributed by atoms with van der Waals surface area (Å²) in [5.74, 6) is 0.432. The normalized spacial score (nSPS) is 12.1. The summed E-state index contributed by atoms with van der Waals surface area (Å²) in [6.45, 7) is 2.14. The number of nitrogens with one attached hydrogen (secondary N) is 1. The summed E-state index contributed by atoms with van der Waals surface area (Å²) in [5, 5.41) is 22.4. The van der Waals surface area contributed by atoms with Crippen LogP contribution in [-0.4, -0.2) is 27.7 Å². The molecule has 7 heteroatoms. The molecule has 0 saturated heterocycles. The molecule has 0 aliphatic carbocycles. The van der Waals surface area contributed by atoms with E-state index in [1.54, 1.807) is 6.92 Å². The van der Waals surface area contributed by atoms with Crippen LogP contribution in [0.1, 0.15) is 13.3 Å². The predicted octanol–water partition coefficient (Wildman–Crippen LogP) is 0.755. The third-order valence-electron chi connectivity index (χ3n) is 1.91. The molecule has 0 aliphatic rings. The number of nitro groups is 1. The van der Waals surface area contributed by atoms with Gasteiger partial charge in [-0.25, -0.2) is 4.98 Å². The molecular weight excluding hydrogens is 212 g/mol. The van der Waals surface area contributed by atoms with Crippen molar-refractivity contribution >= 4 is 17.3 Å². The molecule has 1 heterocycles. The number of aromatic nitrogens is 1. The van der Waals surface area contributed by atoms with Gasteiger partial charge in [0.25, 0.3) is 5.69 Å². The summed E-state index contributed by atoms with van der Waals surface area (Å²) in [4.78, 5) is 13.9. The monoisotopic (exact) mass is 226 g/mol. The molecule has 1 rings (SSSR count). The Hall–Kier alpha value is -1.89. The SMILES string of the molecule is CC(O)CCNc1cc([N+](=O)[O-])cc(N)n1. The second kappa shape index (κ2) is 5.26. The molecule has 0 radical (unpaired) electrons. The lowest BCUT2D eigenvalue weighted by Crippen LogP contribution is -2.11. The Bertz CT molecular complexity index is 381. The molecule has 0 saturated carbocycles. The number of nitrogens with zero attached hydrogens (tertiary/aromatic N) is 2. The van der Waals surface area contributed by atoms with Crippen molar-refractivity contribution in [2.75, 3.05) is 17.6 Å². The largest absolute Gasteiger partial charge is 0.393 e. The maximum Gasteiger partial charge on any atom is 0.276 e. The second-order valence-electron chi connectivity index (χ2n) is 3.46. The van der Waals surface area contributed by atoms with Crippen LogP contribution in [0.15, 0.2) is 12.1 Å². The number of aliphatic hydroxyl groups is 1. The van der Waals surface area contributed by atoms with Crippen molar-refractivity contribution < 1.29 is 10.0 Å². The van der Waals surface area contributed by atoms with Crippen LogP contribution in [0.3, 0.4) is 0 Å².